The third-order valence-corrected chi connectivity index (χ3v) is 3.47. The van der Waals surface area contributed by atoms with Crippen LogP contribution in [0.1, 0.15) is 19.8 Å². The second-order valence-corrected chi connectivity index (χ2v) is 5.24. The van der Waals surface area contributed by atoms with Crippen molar-refractivity contribution < 1.29 is 13.5 Å². The summed E-state index contributed by atoms with van der Waals surface area (Å²) in [7, 11) is -3.13. The molecule has 0 fully saturated rings. The lowest BCUT2D eigenvalue weighted by Crippen LogP contribution is -2.31. The molecule has 0 aliphatic carbocycles. The van der Waals surface area contributed by atoms with Gasteiger partial charge in [-0.3, -0.25) is 0 Å². The van der Waals surface area contributed by atoms with Crippen LogP contribution in [0.5, 0.6) is 0 Å². The van der Waals surface area contributed by atoms with E-state index in [9.17, 15) is 8.42 Å². The Kier molecular flexibility index (Phi) is 4.49. The van der Waals surface area contributed by atoms with Crippen LogP contribution in [0.15, 0.2) is 12.7 Å². The number of aliphatic hydroxyl groups excluding tert-OH is 1. The lowest BCUT2D eigenvalue weighted by molar-refractivity contribution is 0.184. The first kappa shape index (κ1) is 11.6. The first-order valence-corrected chi connectivity index (χ1v) is 5.83. The van der Waals surface area contributed by atoms with Crippen molar-refractivity contribution in [1.29, 1.82) is 0 Å². The van der Waals surface area contributed by atoms with Crippen molar-refractivity contribution in [3.8, 4) is 0 Å². The van der Waals surface area contributed by atoms with E-state index < -0.39 is 21.2 Å². The molecule has 4 heteroatoms. The molecule has 0 radical (unpaired) electrons. The molecule has 0 heterocycles. The van der Waals surface area contributed by atoms with Crippen molar-refractivity contribution in [3.63, 3.8) is 0 Å². The van der Waals surface area contributed by atoms with Crippen molar-refractivity contribution >= 4 is 9.84 Å². The van der Waals surface area contributed by atoms with E-state index in [1.807, 2.05) is 0 Å². The summed E-state index contributed by atoms with van der Waals surface area (Å²) in [6.45, 7) is 4.99. The minimum Gasteiger partial charge on any atom is -0.392 e. The number of hydrogen-bond donors (Lipinski definition) is 1. The molecule has 0 aromatic carbocycles. The molecule has 2 atom stereocenters. The normalized spacial score (nSPS) is 16.9. The van der Waals surface area contributed by atoms with Gasteiger partial charge < -0.3 is 5.11 Å². The topological polar surface area (TPSA) is 54.4 Å². The smallest absolute Gasteiger partial charge is 0.152 e. The number of aliphatic hydroxyl groups is 1. The predicted octanol–water partition coefficient (Wildman–Crippen LogP) is 0.747. The van der Waals surface area contributed by atoms with Crippen LogP contribution in [0.25, 0.3) is 0 Å². The van der Waals surface area contributed by atoms with E-state index in [1.54, 1.807) is 6.08 Å². The maximum Gasteiger partial charge on any atom is 0.152 e. The Morgan fingerprint density at radius 1 is 1.58 bits per heavy atom. The number of allylic oxidation sites excluding steroid dienone is 1. The van der Waals surface area contributed by atoms with Gasteiger partial charge in [0.1, 0.15) is 0 Å². The average Bonchev–Trinajstić information content (AvgIpc) is 1.84. The Hall–Kier alpha value is -0.350. The highest BCUT2D eigenvalue weighted by molar-refractivity contribution is 7.91. The highest BCUT2D eigenvalue weighted by atomic mass is 32.2. The zero-order valence-corrected chi connectivity index (χ0v) is 8.34. The first-order valence-electron chi connectivity index (χ1n) is 3.87. The van der Waals surface area contributed by atoms with Gasteiger partial charge in [-0.1, -0.05) is 6.08 Å². The third-order valence-electron chi connectivity index (χ3n) is 1.74. The summed E-state index contributed by atoms with van der Waals surface area (Å²) in [6.07, 6.45) is 3.05. The van der Waals surface area contributed by atoms with Crippen LogP contribution in [0, 0.1) is 0 Å². The Bertz CT molecular complexity index is 229. The highest BCUT2D eigenvalue weighted by Gasteiger charge is 2.24. The molecular weight excluding hydrogens is 176 g/mol. The zero-order valence-electron chi connectivity index (χ0n) is 7.53. The number of sulfone groups is 1. The van der Waals surface area contributed by atoms with E-state index in [4.69, 9.17) is 5.11 Å². The molecule has 0 saturated carbocycles. The lowest BCUT2D eigenvalue weighted by atomic mass is 10.1. The molecule has 0 aliphatic rings. The van der Waals surface area contributed by atoms with Gasteiger partial charge in [-0.15, -0.1) is 6.58 Å². The Labute approximate surface area is 74.0 Å². The highest BCUT2D eigenvalue weighted by Crippen LogP contribution is 2.12. The monoisotopic (exact) mass is 192 g/mol. The maximum atomic E-state index is 11.1. The largest absolute Gasteiger partial charge is 0.392 e. The van der Waals surface area contributed by atoms with Crippen molar-refractivity contribution in [3.05, 3.63) is 12.7 Å². The van der Waals surface area contributed by atoms with Gasteiger partial charge in [0.2, 0.25) is 0 Å². The number of hydrogen-bond acceptors (Lipinski definition) is 3. The summed E-state index contributed by atoms with van der Waals surface area (Å²) in [6, 6.07) is 0. The van der Waals surface area contributed by atoms with Gasteiger partial charge in [0.25, 0.3) is 0 Å². The van der Waals surface area contributed by atoms with E-state index >= 15 is 0 Å². The SMILES string of the molecule is C=CCCC(C(C)O)S(C)(=O)=O. The molecule has 0 aliphatic heterocycles. The van der Waals surface area contributed by atoms with Crippen molar-refractivity contribution in [2.45, 2.75) is 31.1 Å². The minimum absolute atomic E-state index is 0.444. The predicted molar refractivity (Wildman–Crippen MR) is 49.7 cm³/mol. The van der Waals surface area contributed by atoms with Crippen molar-refractivity contribution in [2.24, 2.45) is 0 Å². The molecule has 72 valence electrons. The Balaban J connectivity index is 4.35. The molecule has 0 spiro atoms. The van der Waals surface area contributed by atoms with Crippen LogP contribution in [-0.4, -0.2) is 31.1 Å². The van der Waals surface area contributed by atoms with Gasteiger partial charge in [0, 0.05) is 6.26 Å². The Morgan fingerprint density at radius 2 is 2.08 bits per heavy atom. The summed E-state index contributed by atoms with van der Waals surface area (Å²) in [4.78, 5) is 0. The summed E-state index contributed by atoms with van der Waals surface area (Å²) in [5, 5.41) is 8.50. The van der Waals surface area contributed by atoms with Gasteiger partial charge in [-0.25, -0.2) is 8.42 Å². The van der Waals surface area contributed by atoms with E-state index in [2.05, 4.69) is 6.58 Å². The van der Waals surface area contributed by atoms with Crippen LogP contribution >= 0.6 is 0 Å². The summed E-state index contributed by atoms with van der Waals surface area (Å²) < 4.78 is 22.2. The third kappa shape index (κ3) is 3.88. The molecule has 0 saturated heterocycles. The van der Waals surface area contributed by atoms with Gasteiger partial charge in [0.05, 0.1) is 11.4 Å². The molecule has 0 aromatic heterocycles. The lowest BCUT2D eigenvalue weighted by Gasteiger charge is -2.16. The summed E-state index contributed by atoms with van der Waals surface area (Å²) in [5.41, 5.74) is 0. The molecule has 0 aromatic rings. The Morgan fingerprint density at radius 3 is 2.33 bits per heavy atom. The van der Waals surface area contributed by atoms with Crippen LogP contribution in [0.2, 0.25) is 0 Å². The van der Waals surface area contributed by atoms with Crippen LogP contribution < -0.4 is 0 Å². The van der Waals surface area contributed by atoms with Crippen LogP contribution in [0.4, 0.5) is 0 Å². The molecular formula is C8H16O3S. The summed E-state index contributed by atoms with van der Waals surface area (Å²) in [5.74, 6) is 0. The molecule has 2 unspecified atom stereocenters. The van der Waals surface area contributed by atoms with Crippen LogP contribution in [-0.2, 0) is 9.84 Å². The van der Waals surface area contributed by atoms with E-state index in [0.717, 1.165) is 6.26 Å². The van der Waals surface area contributed by atoms with Crippen molar-refractivity contribution in [2.75, 3.05) is 6.26 Å². The molecule has 0 bridgehead atoms. The van der Waals surface area contributed by atoms with E-state index in [1.165, 1.54) is 6.92 Å². The van der Waals surface area contributed by atoms with E-state index in [0.29, 0.717) is 12.8 Å². The fourth-order valence-electron chi connectivity index (χ4n) is 1.10. The standard InChI is InChI=1S/C8H16O3S/c1-4-5-6-8(7(2)9)12(3,10)11/h4,7-9H,1,5-6H2,2-3H3. The fraction of sp³-hybridized carbons (Fsp3) is 0.750. The fourth-order valence-corrected chi connectivity index (χ4v) is 2.37. The molecule has 12 heavy (non-hydrogen) atoms. The molecule has 3 nitrogen and oxygen atoms in total. The molecule has 0 amide bonds. The van der Waals surface area contributed by atoms with Gasteiger partial charge in [0.15, 0.2) is 9.84 Å². The van der Waals surface area contributed by atoms with Gasteiger partial charge in [-0.05, 0) is 19.8 Å². The van der Waals surface area contributed by atoms with Crippen LogP contribution in [0.3, 0.4) is 0 Å². The average molecular weight is 192 g/mol. The first-order chi connectivity index (χ1) is 5.39. The van der Waals surface area contributed by atoms with Crippen molar-refractivity contribution in [1.82, 2.24) is 0 Å². The number of rotatable bonds is 5. The van der Waals surface area contributed by atoms with Gasteiger partial charge in [-0.2, -0.15) is 0 Å². The minimum atomic E-state index is -3.13. The summed E-state index contributed by atoms with van der Waals surface area (Å²) >= 11 is 0. The maximum absolute atomic E-state index is 11.1. The quantitative estimate of drug-likeness (QED) is 0.654. The second-order valence-electron chi connectivity index (χ2n) is 2.97. The molecule has 1 N–H and O–H groups in total. The van der Waals surface area contributed by atoms with E-state index in [-0.39, 0.29) is 0 Å². The zero-order chi connectivity index (χ0) is 9.78. The second kappa shape index (κ2) is 4.62. The molecule has 0 rings (SSSR count). The van der Waals surface area contributed by atoms with Gasteiger partial charge >= 0.3 is 0 Å².